The minimum absolute atomic E-state index is 0.218. The van der Waals surface area contributed by atoms with Crippen molar-refractivity contribution in [3.8, 4) is 0 Å². The van der Waals surface area contributed by atoms with Gasteiger partial charge < -0.3 is 9.42 Å². The lowest BCUT2D eigenvalue weighted by Gasteiger charge is -2.34. The van der Waals surface area contributed by atoms with Crippen LogP contribution in [0.3, 0.4) is 0 Å². The fraction of sp³-hybridized carbons (Fsp3) is 0.550. The van der Waals surface area contributed by atoms with Gasteiger partial charge in [-0.1, -0.05) is 35.5 Å². The van der Waals surface area contributed by atoms with E-state index in [2.05, 4.69) is 32.1 Å². The van der Waals surface area contributed by atoms with Gasteiger partial charge in [0.15, 0.2) is 5.82 Å². The van der Waals surface area contributed by atoms with Crippen molar-refractivity contribution >= 4 is 5.91 Å². The molecule has 1 aromatic carbocycles. The Morgan fingerprint density at radius 1 is 1.07 bits per heavy atom. The number of carbonyl (C=O) groups is 1. The molecule has 7 nitrogen and oxygen atoms in total. The summed E-state index contributed by atoms with van der Waals surface area (Å²) < 4.78 is 5.41. The first-order valence-electron chi connectivity index (χ1n) is 9.75. The van der Waals surface area contributed by atoms with Crippen molar-refractivity contribution in [2.24, 2.45) is 0 Å². The third kappa shape index (κ3) is 5.61. The number of aromatic nitrogens is 2. The first kappa shape index (κ1) is 19.5. The van der Waals surface area contributed by atoms with Crippen molar-refractivity contribution in [1.29, 1.82) is 0 Å². The Balaban J connectivity index is 1.44. The van der Waals surface area contributed by atoms with Crippen LogP contribution in [0, 0.1) is 0 Å². The summed E-state index contributed by atoms with van der Waals surface area (Å²) in [6.45, 7) is 10.4. The van der Waals surface area contributed by atoms with Gasteiger partial charge in [0.05, 0.1) is 13.1 Å². The van der Waals surface area contributed by atoms with E-state index in [1.807, 2.05) is 36.9 Å². The molecule has 0 atom stereocenters. The quantitative estimate of drug-likeness (QED) is 0.703. The molecule has 2 heterocycles. The number of amides is 1. The van der Waals surface area contributed by atoms with Gasteiger partial charge in [-0.25, -0.2) is 0 Å². The smallest absolute Gasteiger partial charge is 0.240 e. The molecule has 1 fully saturated rings. The van der Waals surface area contributed by atoms with Gasteiger partial charge >= 0.3 is 0 Å². The van der Waals surface area contributed by atoms with Gasteiger partial charge in [0.1, 0.15) is 0 Å². The number of rotatable bonds is 8. The zero-order valence-electron chi connectivity index (χ0n) is 16.3. The maximum absolute atomic E-state index is 12.2. The number of benzene rings is 1. The fourth-order valence-electron chi connectivity index (χ4n) is 3.37. The third-order valence-electron chi connectivity index (χ3n) is 5.01. The van der Waals surface area contributed by atoms with Crippen LogP contribution >= 0.6 is 0 Å². The predicted octanol–water partition coefficient (Wildman–Crippen LogP) is 1.65. The third-order valence-corrected chi connectivity index (χ3v) is 5.01. The van der Waals surface area contributed by atoms with E-state index in [1.165, 1.54) is 5.56 Å². The summed E-state index contributed by atoms with van der Waals surface area (Å²) >= 11 is 0. The molecule has 27 heavy (non-hydrogen) atoms. The van der Waals surface area contributed by atoms with Crippen molar-refractivity contribution in [2.75, 3.05) is 45.8 Å². The Morgan fingerprint density at radius 3 is 2.41 bits per heavy atom. The van der Waals surface area contributed by atoms with E-state index in [0.717, 1.165) is 45.1 Å². The molecule has 1 aliphatic rings. The molecular formula is C20H29N5O2. The lowest BCUT2D eigenvalue weighted by Crippen LogP contribution is -2.49. The molecule has 0 spiro atoms. The second-order valence-electron chi connectivity index (χ2n) is 6.89. The minimum atomic E-state index is 0.218. The van der Waals surface area contributed by atoms with Gasteiger partial charge in [-0.2, -0.15) is 4.98 Å². The molecular weight excluding hydrogens is 342 g/mol. The van der Waals surface area contributed by atoms with Crippen LogP contribution in [0.1, 0.15) is 31.1 Å². The van der Waals surface area contributed by atoms with Gasteiger partial charge in [-0.05, 0) is 19.4 Å². The molecule has 0 aliphatic carbocycles. The van der Waals surface area contributed by atoms with Crippen LogP contribution in [0.2, 0.25) is 0 Å². The molecule has 146 valence electrons. The number of nitrogens with zero attached hydrogens (tertiary/aromatic N) is 5. The first-order valence-corrected chi connectivity index (χ1v) is 9.75. The van der Waals surface area contributed by atoms with Gasteiger partial charge in [0.2, 0.25) is 11.8 Å². The largest absolute Gasteiger partial charge is 0.342 e. The van der Waals surface area contributed by atoms with Gasteiger partial charge in [0, 0.05) is 45.7 Å². The summed E-state index contributed by atoms with van der Waals surface area (Å²) in [5, 5.41) is 4.10. The molecule has 7 heteroatoms. The lowest BCUT2D eigenvalue weighted by molar-refractivity contribution is -0.132. The number of piperazine rings is 1. The molecule has 2 aromatic rings. The molecule has 3 rings (SSSR count). The van der Waals surface area contributed by atoms with Crippen molar-refractivity contribution in [3.05, 3.63) is 47.6 Å². The van der Waals surface area contributed by atoms with Gasteiger partial charge in [-0.3, -0.25) is 14.6 Å². The van der Waals surface area contributed by atoms with Crippen LogP contribution in [0.25, 0.3) is 0 Å². The van der Waals surface area contributed by atoms with Crippen molar-refractivity contribution in [2.45, 2.75) is 26.8 Å². The molecule has 0 unspecified atom stereocenters. The molecule has 1 aliphatic heterocycles. The van der Waals surface area contributed by atoms with Gasteiger partial charge in [0.25, 0.3) is 0 Å². The summed E-state index contributed by atoms with van der Waals surface area (Å²) in [6.07, 6.45) is 0.686. The van der Waals surface area contributed by atoms with Crippen LogP contribution < -0.4 is 0 Å². The number of carbonyl (C=O) groups excluding carboxylic acids is 1. The highest BCUT2D eigenvalue weighted by molar-refractivity contribution is 5.78. The molecule has 0 radical (unpaired) electrons. The highest BCUT2D eigenvalue weighted by atomic mass is 16.5. The monoisotopic (exact) mass is 371 g/mol. The standard InChI is InChI=1S/C20H29N5O2/c1-3-25(4-2)20(26)16-24-12-10-23(11-13-24)15-19-21-18(22-27-19)14-17-8-6-5-7-9-17/h5-9H,3-4,10-16H2,1-2H3. The van der Waals surface area contributed by atoms with Crippen molar-refractivity contribution in [3.63, 3.8) is 0 Å². The summed E-state index contributed by atoms with van der Waals surface area (Å²) in [4.78, 5) is 23.2. The van der Waals surface area contributed by atoms with E-state index < -0.39 is 0 Å². The minimum Gasteiger partial charge on any atom is -0.342 e. The topological polar surface area (TPSA) is 65.7 Å². The van der Waals surface area contributed by atoms with Gasteiger partial charge in [-0.15, -0.1) is 0 Å². The fourth-order valence-corrected chi connectivity index (χ4v) is 3.37. The maximum atomic E-state index is 12.2. The Bertz CT molecular complexity index is 706. The van der Waals surface area contributed by atoms with Crippen LogP contribution in [0.4, 0.5) is 0 Å². The normalized spacial score (nSPS) is 15.8. The maximum Gasteiger partial charge on any atom is 0.240 e. The van der Waals surface area contributed by atoms with E-state index in [0.29, 0.717) is 25.4 Å². The lowest BCUT2D eigenvalue weighted by atomic mass is 10.1. The highest BCUT2D eigenvalue weighted by Crippen LogP contribution is 2.10. The molecule has 0 N–H and O–H groups in total. The van der Waals surface area contributed by atoms with E-state index in [-0.39, 0.29) is 5.91 Å². The van der Waals surface area contributed by atoms with E-state index >= 15 is 0 Å². The Labute approximate surface area is 160 Å². The summed E-state index contributed by atoms with van der Waals surface area (Å²) in [6, 6.07) is 10.2. The van der Waals surface area contributed by atoms with Crippen molar-refractivity contribution < 1.29 is 9.32 Å². The Morgan fingerprint density at radius 2 is 1.74 bits per heavy atom. The van der Waals surface area contributed by atoms with E-state index in [4.69, 9.17) is 4.52 Å². The zero-order valence-corrected chi connectivity index (χ0v) is 16.3. The van der Waals surface area contributed by atoms with Crippen LogP contribution in [-0.4, -0.2) is 76.6 Å². The molecule has 1 saturated heterocycles. The second-order valence-corrected chi connectivity index (χ2v) is 6.89. The van der Waals surface area contributed by atoms with Crippen LogP contribution in [0.15, 0.2) is 34.9 Å². The van der Waals surface area contributed by atoms with Crippen LogP contribution in [0.5, 0.6) is 0 Å². The number of likely N-dealkylation sites (N-methyl/N-ethyl adjacent to an activating group) is 1. The first-order chi connectivity index (χ1) is 13.2. The second kappa shape index (κ2) is 9.62. The molecule has 0 saturated carbocycles. The molecule has 1 amide bonds. The highest BCUT2D eigenvalue weighted by Gasteiger charge is 2.22. The number of hydrogen-bond acceptors (Lipinski definition) is 6. The summed E-state index contributed by atoms with van der Waals surface area (Å²) in [7, 11) is 0. The van der Waals surface area contributed by atoms with E-state index in [1.54, 1.807) is 0 Å². The Hall–Kier alpha value is -2.25. The molecule has 1 aromatic heterocycles. The van der Waals surface area contributed by atoms with E-state index in [9.17, 15) is 4.79 Å². The predicted molar refractivity (Wildman–Crippen MR) is 103 cm³/mol. The zero-order chi connectivity index (χ0) is 19.1. The van der Waals surface area contributed by atoms with Crippen molar-refractivity contribution in [1.82, 2.24) is 24.8 Å². The number of hydrogen-bond donors (Lipinski definition) is 0. The SMILES string of the molecule is CCN(CC)C(=O)CN1CCN(Cc2nc(Cc3ccccc3)no2)CC1. The van der Waals surface area contributed by atoms with Crippen LogP contribution in [-0.2, 0) is 17.8 Å². The average Bonchev–Trinajstić information content (AvgIpc) is 3.12. The summed E-state index contributed by atoms with van der Waals surface area (Å²) in [5.41, 5.74) is 1.18. The average molecular weight is 371 g/mol. The molecule has 0 bridgehead atoms. The Kier molecular flexibility index (Phi) is 6.95. The summed E-state index contributed by atoms with van der Waals surface area (Å²) in [5.74, 6) is 1.60.